The highest BCUT2D eigenvalue weighted by Crippen LogP contribution is 2.34. The molecule has 110 valence electrons. The predicted octanol–water partition coefficient (Wildman–Crippen LogP) is 2.83. The number of methoxy groups -OCH3 is 1. The molecule has 0 radical (unpaired) electrons. The van der Waals surface area contributed by atoms with Crippen LogP contribution in [0.15, 0.2) is 18.2 Å². The third kappa shape index (κ3) is 2.74. The summed E-state index contributed by atoms with van der Waals surface area (Å²) in [6, 6.07) is 5.51. The third-order valence-corrected chi connectivity index (χ3v) is 4.57. The number of anilines is 1. The molecule has 0 heterocycles. The van der Waals surface area contributed by atoms with E-state index in [1.54, 1.807) is 25.3 Å². The maximum atomic E-state index is 12.5. The molecule has 2 rings (SSSR count). The Labute approximate surface area is 120 Å². The van der Waals surface area contributed by atoms with E-state index in [2.05, 4.69) is 19.2 Å². The lowest BCUT2D eigenvalue weighted by Gasteiger charge is -2.22. The minimum atomic E-state index is -0.131. The van der Waals surface area contributed by atoms with Crippen LogP contribution in [-0.2, 0) is 0 Å². The third-order valence-electron chi connectivity index (χ3n) is 4.57. The highest BCUT2D eigenvalue weighted by Gasteiger charge is 2.33. The Morgan fingerprint density at radius 2 is 2.20 bits per heavy atom. The first-order valence-corrected chi connectivity index (χ1v) is 7.31. The van der Waals surface area contributed by atoms with Crippen molar-refractivity contribution in [3.8, 4) is 5.75 Å². The van der Waals surface area contributed by atoms with Crippen LogP contribution in [0.25, 0.3) is 0 Å². The van der Waals surface area contributed by atoms with Gasteiger partial charge in [-0.05, 0) is 36.8 Å². The molecule has 1 amide bonds. The summed E-state index contributed by atoms with van der Waals surface area (Å²) >= 11 is 0. The number of carbonyl (C=O) groups is 1. The zero-order valence-corrected chi connectivity index (χ0v) is 12.5. The molecule has 0 spiro atoms. The second-order valence-corrected chi connectivity index (χ2v) is 5.61. The van der Waals surface area contributed by atoms with E-state index in [-0.39, 0.29) is 11.9 Å². The number of benzene rings is 1. The minimum Gasteiger partial charge on any atom is -0.496 e. The van der Waals surface area contributed by atoms with E-state index >= 15 is 0 Å². The van der Waals surface area contributed by atoms with Gasteiger partial charge in [0.2, 0.25) is 0 Å². The maximum absolute atomic E-state index is 12.5. The zero-order chi connectivity index (χ0) is 14.7. The van der Waals surface area contributed by atoms with E-state index in [9.17, 15) is 4.79 Å². The van der Waals surface area contributed by atoms with Crippen molar-refractivity contribution < 1.29 is 9.53 Å². The largest absolute Gasteiger partial charge is 0.496 e. The second-order valence-electron chi connectivity index (χ2n) is 5.61. The summed E-state index contributed by atoms with van der Waals surface area (Å²) in [4.78, 5) is 12.5. The van der Waals surface area contributed by atoms with Gasteiger partial charge in [0.1, 0.15) is 11.3 Å². The van der Waals surface area contributed by atoms with Gasteiger partial charge < -0.3 is 15.8 Å². The number of nitrogens with two attached hydrogens (primary N) is 1. The van der Waals surface area contributed by atoms with Crippen molar-refractivity contribution in [3.63, 3.8) is 0 Å². The van der Waals surface area contributed by atoms with Crippen LogP contribution in [0.4, 0.5) is 5.69 Å². The monoisotopic (exact) mass is 276 g/mol. The molecule has 1 aromatic carbocycles. The summed E-state index contributed by atoms with van der Waals surface area (Å²) in [5.41, 5.74) is 6.82. The normalized spacial score (nSPS) is 25.4. The SMILES string of the molecule is CCC1CCC(NC(=O)c2c(N)cccc2OC)C1C. The first-order chi connectivity index (χ1) is 9.58. The molecule has 1 aliphatic carbocycles. The average Bonchev–Trinajstić information content (AvgIpc) is 2.79. The smallest absolute Gasteiger partial charge is 0.257 e. The van der Waals surface area contributed by atoms with Crippen LogP contribution in [0, 0.1) is 11.8 Å². The highest BCUT2D eigenvalue weighted by molar-refractivity contribution is 6.02. The molecule has 20 heavy (non-hydrogen) atoms. The molecule has 0 aromatic heterocycles. The number of amides is 1. The fourth-order valence-corrected chi connectivity index (χ4v) is 3.23. The molecule has 3 atom stereocenters. The van der Waals surface area contributed by atoms with Crippen molar-refractivity contribution in [2.45, 2.75) is 39.2 Å². The van der Waals surface area contributed by atoms with E-state index in [0.29, 0.717) is 28.8 Å². The van der Waals surface area contributed by atoms with Crippen LogP contribution in [0.1, 0.15) is 43.5 Å². The molecule has 1 aromatic rings. The number of nitrogen functional groups attached to an aromatic ring is 1. The van der Waals surface area contributed by atoms with Gasteiger partial charge in [-0.3, -0.25) is 4.79 Å². The predicted molar refractivity (Wildman–Crippen MR) is 80.8 cm³/mol. The number of hydrogen-bond acceptors (Lipinski definition) is 3. The molecule has 0 aliphatic heterocycles. The van der Waals surface area contributed by atoms with Gasteiger partial charge in [-0.15, -0.1) is 0 Å². The lowest BCUT2D eigenvalue weighted by Crippen LogP contribution is -2.38. The van der Waals surface area contributed by atoms with Gasteiger partial charge >= 0.3 is 0 Å². The number of hydrogen-bond donors (Lipinski definition) is 2. The minimum absolute atomic E-state index is 0.131. The Balaban J connectivity index is 2.13. The number of nitrogens with one attached hydrogen (secondary N) is 1. The summed E-state index contributed by atoms with van der Waals surface area (Å²) in [5.74, 6) is 1.61. The van der Waals surface area contributed by atoms with E-state index in [0.717, 1.165) is 6.42 Å². The van der Waals surface area contributed by atoms with Crippen molar-refractivity contribution in [1.29, 1.82) is 0 Å². The fourth-order valence-electron chi connectivity index (χ4n) is 3.23. The Morgan fingerprint density at radius 1 is 1.45 bits per heavy atom. The summed E-state index contributed by atoms with van der Waals surface area (Å²) < 4.78 is 5.24. The summed E-state index contributed by atoms with van der Waals surface area (Å²) in [6.07, 6.45) is 3.40. The first-order valence-electron chi connectivity index (χ1n) is 7.31. The topological polar surface area (TPSA) is 64.4 Å². The molecule has 1 saturated carbocycles. The lowest BCUT2D eigenvalue weighted by atomic mass is 9.93. The Hall–Kier alpha value is -1.71. The van der Waals surface area contributed by atoms with Crippen molar-refractivity contribution in [2.24, 2.45) is 11.8 Å². The molecule has 1 aliphatic rings. The molecule has 0 bridgehead atoms. The first kappa shape index (κ1) is 14.7. The quantitative estimate of drug-likeness (QED) is 0.831. The summed E-state index contributed by atoms with van der Waals surface area (Å²) in [5, 5.41) is 3.13. The standard InChI is InChI=1S/C16H24N2O2/c1-4-11-8-9-13(10(11)2)18-16(19)15-12(17)6-5-7-14(15)20-3/h5-7,10-11,13H,4,8-9,17H2,1-3H3,(H,18,19). The van der Waals surface area contributed by atoms with Crippen molar-refractivity contribution >= 4 is 11.6 Å². The summed E-state index contributed by atoms with van der Waals surface area (Å²) in [7, 11) is 1.55. The van der Waals surface area contributed by atoms with E-state index in [1.807, 2.05) is 0 Å². The molecule has 1 fully saturated rings. The molecular formula is C16H24N2O2. The van der Waals surface area contributed by atoms with Gasteiger partial charge in [0.05, 0.1) is 7.11 Å². The van der Waals surface area contributed by atoms with E-state index in [4.69, 9.17) is 10.5 Å². The van der Waals surface area contributed by atoms with Crippen molar-refractivity contribution in [3.05, 3.63) is 23.8 Å². The molecule has 3 unspecified atom stereocenters. The molecular weight excluding hydrogens is 252 g/mol. The second kappa shape index (κ2) is 6.16. The number of ether oxygens (including phenoxy) is 1. The fraction of sp³-hybridized carbons (Fsp3) is 0.562. The Morgan fingerprint density at radius 3 is 2.80 bits per heavy atom. The maximum Gasteiger partial charge on any atom is 0.257 e. The molecule has 4 heteroatoms. The lowest BCUT2D eigenvalue weighted by molar-refractivity contribution is 0.0924. The van der Waals surface area contributed by atoms with E-state index < -0.39 is 0 Å². The van der Waals surface area contributed by atoms with Gasteiger partial charge in [0, 0.05) is 11.7 Å². The van der Waals surface area contributed by atoms with Crippen LogP contribution in [-0.4, -0.2) is 19.1 Å². The van der Waals surface area contributed by atoms with Crippen LogP contribution >= 0.6 is 0 Å². The molecule has 0 saturated heterocycles. The van der Waals surface area contributed by atoms with Crippen LogP contribution in [0.5, 0.6) is 5.75 Å². The summed E-state index contributed by atoms with van der Waals surface area (Å²) in [6.45, 7) is 4.43. The van der Waals surface area contributed by atoms with Crippen LogP contribution in [0.2, 0.25) is 0 Å². The van der Waals surface area contributed by atoms with Crippen LogP contribution in [0.3, 0.4) is 0 Å². The number of carbonyl (C=O) groups excluding carboxylic acids is 1. The van der Waals surface area contributed by atoms with Crippen molar-refractivity contribution in [1.82, 2.24) is 5.32 Å². The van der Waals surface area contributed by atoms with Crippen LogP contribution < -0.4 is 15.8 Å². The van der Waals surface area contributed by atoms with Crippen molar-refractivity contribution in [2.75, 3.05) is 12.8 Å². The average molecular weight is 276 g/mol. The molecule has 3 N–H and O–H groups in total. The Kier molecular flexibility index (Phi) is 4.53. The van der Waals surface area contributed by atoms with Gasteiger partial charge in [-0.1, -0.05) is 26.3 Å². The van der Waals surface area contributed by atoms with Gasteiger partial charge in [-0.2, -0.15) is 0 Å². The highest BCUT2D eigenvalue weighted by atomic mass is 16.5. The molecule has 4 nitrogen and oxygen atoms in total. The Bertz CT molecular complexity index is 487. The van der Waals surface area contributed by atoms with Gasteiger partial charge in [-0.25, -0.2) is 0 Å². The van der Waals surface area contributed by atoms with Gasteiger partial charge in [0.25, 0.3) is 5.91 Å². The zero-order valence-electron chi connectivity index (χ0n) is 12.5. The van der Waals surface area contributed by atoms with Gasteiger partial charge in [0.15, 0.2) is 0 Å². The number of rotatable bonds is 4. The van der Waals surface area contributed by atoms with E-state index in [1.165, 1.54) is 12.8 Å².